The molecule has 1 aromatic heterocycles. The summed E-state index contributed by atoms with van der Waals surface area (Å²) in [5.74, 6) is 1.90. The summed E-state index contributed by atoms with van der Waals surface area (Å²) in [6.07, 6.45) is 0.507. The Kier molecular flexibility index (Phi) is 6.21. The van der Waals surface area contributed by atoms with Crippen LogP contribution in [0.25, 0.3) is 11.4 Å². The molecule has 1 amide bonds. The fraction of sp³-hybridized carbons (Fsp3) is 0.200. The zero-order valence-electron chi connectivity index (χ0n) is 15.2. The average Bonchev–Trinajstić information content (AvgIpc) is 3.20. The van der Waals surface area contributed by atoms with Crippen molar-refractivity contribution in [1.82, 2.24) is 10.1 Å². The molecule has 142 valence electrons. The van der Waals surface area contributed by atoms with Crippen LogP contribution < -0.4 is 14.8 Å². The van der Waals surface area contributed by atoms with Crippen molar-refractivity contribution >= 4 is 11.6 Å². The molecule has 1 N–H and O–H groups in total. The first-order valence-corrected chi connectivity index (χ1v) is 8.54. The maximum atomic E-state index is 12.2. The van der Waals surface area contributed by atoms with Crippen LogP contribution in [0.2, 0.25) is 0 Å². The standard InChI is InChI=1S/C20H18N4O4/c1-26-16-7-5-14(6-8-16)20-23-19(28-24-20)10-9-18(25)22-15-3-2-4-17(13-15)27-12-11-21/h2-8,13H,9-10,12H2,1H3,(H,22,25). The van der Waals surface area contributed by atoms with E-state index in [0.717, 1.165) is 11.3 Å². The van der Waals surface area contributed by atoms with Crippen LogP contribution in [-0.2, 0) is 11.2 Å². The molecule has 0 fully saturated rings. The number of carbonyl (C=O) groups is 1. The summed E-state index contributed by atoms with van der Waals surface area (Å²) in [6, 6.07) is 16.0. The normalized spacial score (nSPS) is 10.1. The van der Waals surface area contributed by atoms with Gasteiger partial charge in [-0.05, 0) is 36.4 Å². The third-order valence-corrected chi connectivity index (χ3v) is 3.80. The van der Waals surface area contributed by atoms with E-state index in [9.17, 15) is 4.79 Å². The monoisotopic (exact) mass is 378 g/mol. The molecule has 3 aromatic rings. The molecule has 8 nitrogen and oxygen atoms in total. The lowest BCUT2D eigenvalue weighted by atomic mass is 10.2. The highest BCUT2D eigenvalue weighted by Gasteiger charge is 2.11. The first kappa shape index (κ1) is 18.9. The lowest BCUT2D eigenvalue weighted by molar-refractivity contribution is -0.116. The van der Waals surface area contributed by atoms with E-state index in [4.69, 9.17) is 19.3 Å². The molecule has 0 spiro atoms. The molecule has 0 saturated heterocycles. The van der Waals surface area contributed by atoms with Gasteiger partial charge in [0.15, 0.2) is 6.61 Å². The maximum absolute atomic E-state index is 12.2. The number of carbonyl (C=O) groups excluding carboxylic acids is 1. The molecule has 28 heavy (non-hydrogen) atoms. The number of aryl methyl sites for hydroxylation is 1. The third-order valence-electron chi connectivity index (χ3n) is 3.80. The van der Waals surface area contributed by atoms with Crippen molar-refractivity contribution < 1.29 is 18.8 Å². The molecule has 3 rings (SSSR count). The van der Waals surface area contributed by atoms with Crippen molar-refractivity contribution in [2.75, 3.05) is 19.0 Å². The molecule has 0 atom stereocenters. The van der Waals surface area contributed by atoms with Gasteiger partial charge in [0.1, 0.15) is 17.6 Å². The lowest BCUT2D eigenvalue weighted by Gasteiger charge is -2.06. The Morgan fingerprint density at radius 3 is 2.79 bits per heavy atom. The van der Waals surface area contributed by atoms with E-state index in [1.165, 1.54) is 0 Å². The van der Waals surface area contributed by atoms with E-state index in [2.05, 4.69) is 15.5 Å². The number of aromatic nitrogens is 2. The number of hydrogen-bond acceptors (Lipinski definition) is 7. The van der Waals surface area contributed by atoms with Crippen molar-refractivity contribution in [1.29, 1.82) is 5.26 Å². The molecule has 0 radical (unpaired) electrons. The van der Waals surface area contributed by atoms with Gasteiger partial charge in [-0.1, -0.05) is 11.2 Å². The highest BCUT2D eigenvalue weighted by atomic mass is 16.5. The van der Waals surface area contributed by atoms with E-state index in [1.54, 1.807) is 31.4 Å². The molecule has 2 aromatic carbocycles. The minimum absolute atomic E-state index is 0.0505. The van der Waals surface area contributed by atoms with Crippen LogP contribution in [0.3, 0.4) is 0 Å². The van der Waals surface area contributed by atoms with Gasteiger partial charge in [0.2, 0.25) is 17.6 Å². The molecular weight excluding hydrogens is 360 g/mol. The summed E-state index contributed by atoms with van der Waals surface area (Å²) >= 11 is 0. The first-order chi connectivity index (χ1) is 13.7. The SMILES string of the molecule is COc1ccc(-c2noc(CCC(=O)Nc3cccc(OCC#N)c3)n2)cc1. The smallest absolute Gasteiger partial charge is 0.227 e. The van der Waals surface area contributed by atoms with Gasteiger partial charge in [0.05, 0.1) is 7.11 Å². The second kappa shape index (κ2) is 9.19. The van der Waals surface area contributed by atoms with E-state index in [-0.39, 0.29) is 18.9 Å². The lowest BCUT2D eigenvalue weighted by Crippen LogP contribution is -2.12. The highest BCUT2D eigenvalue weighted by molar-refractivity contribution is 5.90. The maximum Gasteiger partial charge on any atom is 0.227 e. The Morgan fingerprint density at radius 1 is 1.21 bits per heavy atom. The van der Waals surface area contributed by atoms with Crippen LogP contribution in [0.15, 0.2) is 53.1 Å². The van der Waals surface area contributed by atoms with Crippen LogP contribution in [0.4, 0.5) is 5.69 Å². The summed E-state index contributed by atoms with van der Waals surface area (Å²) in [6.45, 7) is -0.0505. The average molecular weight is 378 g/mol. The minimum atomic E-state index is -0.193. The van der Waals surface area contributed by atoms with Gasteiger partial charge in [0.25, 0.3) is 0 Å². The third kappa shape index (κ3) is 5.08. The van der Waals surface area contributed by atoms with Crippen LogP contribution in [0.1, 0.15) is 12.3 Å². The molecule has 0 saturated carbocycles. The van der Waals surface area contributed by atoms with Crippen molar-refractivity contribution in [2.24, 2.45) is 0 Å². The fourth-order valence-corrected chi connectivity index (χ4v) is 2.44. The number of anilines is 1. The van der Waals surface area contributed by atoms with E-state index < -0.39 is 0 Å². The van der Waals surface area contributed by atoms with E-state index in [0.29, 0.717) is 29.6 Å². The first-order valence-electron chi connectivity index (χ1n) is 8.54. The van der Waals surface area contributed by atoms with Gasteiger partial charge in [-0.2, -0.15) is 10.2 Å². The molecule has 0 bridgehead atoms. The number of amides is 1. The zero-order chi connectivity index (χ0) is 19.8. The second-order valence-corrected chi connectivity index (χ2v) is 5.76. The van der Waals surface area contributed by atoms with Gasteiger partial charge >= 0.3 is 0 Å². The molecule has 0 unspecified atom stereocenters. The van der Waals surface area contributed by atoms with E-state index >= 15 is 0 Å². The predicted molar refractivity (Wildman–Crippen MR) is 101 cm³/mol. The molecule has 1 heterocycles. The number of nitrogens with zero attached hydrogens (tertiary/aromatic N) is 3. The summed E-state index contributed by atoms with van der Waals surface area (Å²) in [7, 11) is 1.60. The number of benzene rings is 2. The van der Waals surface area contributed by atoms with Crippen molar-refractivity contribution in [2.45, 2.75) is 12.8 Å². The highest BCUT2D eigenvalue weighted by Crippen LogP contribution is 2.20. The Hall–Kier alpha value is -3.86. The minimum Gasteiger partial charge on any atom is -0.497 e. The number of nitrogens with one attached hydrogen (secondary N) is 1. The summed E-state index contributed by atoms with van der Waals surface area (Å²) in [5.41, 5.74) is 1.39. The van der Waals surface area contributed by atoms with Gasteiger partial charge < -0.3 is 19.3 Å². The Balaban J connectivity index is 1.53. The van der Waals surface area contributed by atoms with Crippen molar-refractivity contribution in [3.63, 3.8) is 0 Å². The number of ether oxygens (including phenoxy) is 2. The van der Waals surface area contributed by atoms with Crippen LogP contribution >= 0.6 is 0 Å². The Labute approximate surface area is 161 Å². The van der Waals surface area contributed by atoms with E-state index in [1.807, 2.05) is 30.3 Å². The number of nitriles is 1. The van der Waals surface area contributed by atoms with Gasteiger partial charge in [0, 0.05) is 30.2 Å². The summed E-state index contributed by atoms with van der Waals surface area (Å²) in [5, 5.41) is 15.3. The van der Waals surface area contributed by atoms with Crippen LogP contribution in [-0.4, -0.2) is 29.8 Å². The largest absolute Gasteiger partial charge is 0.497 e. The van der Waals surface area contributed by atoms with Gasteiger partial charge in [-0.3, -0.25) is 4.79 Å². The van der Waals surface area contributed by atoms with Gasteiger partial charge in [-0.25, -0.2) is 0 Å². The second-order valence-electron chi connectivity index (χ2n) is 5.76. The van der Waals surface area contributed by atoms with Crippen molar-refractivity contribution in [3.8, 4) is 29.0 Å². The fourth-order valence-electron chi connectivity index (χ4n) is 2.44. The number of methoxy groups -OCH3 is 1. The molecule has 0 aliphatic heterocycles. The summed E-state index contributed by atoms with van der Waals surface area (Å²) < 4.78 is 15.5. The number of rotatable bonds is 8. The number of hydrogen-bond donors (Lipinski definition) is 1. The zero-order valence-corrected chi connectivity index (χ0v) is 15.2. The molecular formula is C20H18N4O4. The van der Waals surface area contributed by atoms with Crippen LogP contribution in [0, 0.1) is 11.3 Å². The molecule has 8 heteroatoms. The van der Waals surface area contributed by atoms with Crippen LogP contribution in [0.5, 0.6) is 11.5 Å². The quantitative estimate of drug-likeness (QED) is 0.641. The topological polar surface area (TPSA) is 110 Å². The molecule has 0 aliphatic rings. The van der Waals surface area contributed by atoms with Crippen molar-refractivity contribution in [3.05, 3.63) is 54.4 Å². The predicted octanol–water partition coefficient (Wildman–Crippen LogP) is 3.22. The molecule has 0 aliphatic carbocycles. The Bertz CT molecular complexity index is 976. The summed E-state index contributed by atoms with van der Waals surface area (Å²) in [4.78, 5) is 16.5. The Morgan fingerprint density at radius 2 is 2.04 bits per heavy atom. The van der Waals surface area contributed by atoms with Gasteiger partial charge in [-0.15, -0.1) is 0 Å².